The van der Waals surface area contributed by atoms with Crippen LogP contribution in [0.3, 0.4) is 0 Å². The van der Waals surface area contributed by atoms with Crippen molar-refractivity contribution in [2.75, 3.05) is 13.7 Å². The van der Waals surface area contributed by atoms with Crippen LogP contribution in [0.5, 0.6) is 0 Å². The van der Waals surface area contributed by atoms with Crippen LogP contribution in [-0.2, 0) is 20.6 Å². The van der Waals surface area contributed by atoms with Crippen LogP contribution in [-0.4, -0.2) is 31.0 Å². The first kappa shape index (κ1) is 20.3. The van der Waals surface area contributed by atoms with Crippen LogP contribution in [0.15, 0.2) is 24.3 Å². The van der Waals surface area contributed by atoms with E-state index in [1.807, 2.05) is 0 Å². The predicted molar refractivity (Wildman–Crippen MR) is 89.3 cm³/mol. The Labute approximate surface area is 149 Å². The van der Waals surface area contributed by atoms with Crippen LogP contribution in [0.4, 0.5) is 18.9 Å². The molecule has 1 aliphatic heterocycles. The van der Waals surface area contributed by atoms with Gasteiger partial charge in [0.1, 0.15) is 6.54 Å². The number of halogens is 3. The molecule has 2 rings (SSSR count). The normalized spacial score (nSPS) is 24.0. The first-order valence-electron chi connectivity index (χ1n) is 8.13. The van der Waals surface area contributed by atoms with E-state index in [1.165, 1.54) is 19.2 Å². The highest BCUT2D eigenvalue weighted by Crippen LogP contribution is 2.36. The average Bonchev–Trinajstić information content (AvgIpc) is 2.83. The van der Waals surface area contributed by atoms with Gasteiger partial charge in [-0.25, -0.2) is 4.79 Å². The molecule has 144 valence electrons. The lowest BCUT2D eigenvalue weighted by Gasteiger charge is -2.30. The standard InChI is InChI=1S/C17H22F3N3O3/c1-16(2,3)21-14(24)13-8-9-23(15(13)25,22-26-4)12-7-5-6-11(10-12)17(18,19)20/h5-7,10,13,22H,8-9H2,1-4H3/p+1. The van der Waals surface area contributed by atoms with Crippen molar-refractivity contribution in [2.24, 2.45) is 5.92 Å². The lowest BCUT2D eigenvalue weighted by Crippen LogP contribution is -2.62. The van der Waals surface area contributed by atoms with E-state index in [1.54, 1.807) is 20.8 Å². The van der Waals surface area contributed by atoms with Gasteiger partial charge in [-0.15, -0.1) is 4.59 Å². The second-order valence-corrected chi connectivity index (χ2v) is 7.30. The van der Waals surface area contributed by atoms with Crippen molar-refractivity contribution in [1.29, 1.82) is 0 Å². The molecule has 9 heteroatoms. The fourth-order valence-corrected chi connectivity index (χ4v) is 3.00. The van der Waals surface area contributed by atoms with Crippen molar-refractivity contribution < 1.29 is 27.6 Å². The Balaban J connectivity index is 2.40. The molecule has 0 radical (unpaired) electrons. The zero-order valence-electron chi connectivity index (χ0n) is 15.1. The van der Waals surface area contributed by atoms with E-state index in [0.29, 0.717) is 0 Å². The Morgan fingerprint density at radius 2 is 1.92 bits per heavy atom. The summed E-state index contributed by atoms with van der Waals surface area (Å²) in [6, 6.07) is 4.46. The van der Waals surface area contributed by atoms with Gasteiger partial charge >= 0.3 is 12.1 Å². The second kappa shape index (κ2) is 6.98. The highest BCUT2D eigenvalue weighted by Gasteiger charge is 2.54. The molecule has 2 unspecified atom stereocenters. The van der Waals surface area contributed by atoms with Crippen molar-refractivity contribution >= 4 is 17.5 Å². The number of hydrogen-bond donors (Lipinski definition) is 2. The molecule has 1 fully saturated rings. The molecule has 26 heavy (non-hydrogen) atoms. The molecule has 0 saturated carbocycles. The summed E-state index contributed by atoms with van der Waals surface area (Å²) in [6.07, 6.45) is -4.35. The van der Waals surface area contributed by atoms with Gasteiger partial charge in [-0.2, -0.15) is 13.2 Å². The zero-order valence-corrected chi connectivity index (χ0v) is 15.1. The predicted octanol–water partition coefficient (Wildman–Crippen LogP) is 2.54. The van der Waals surface area contributed by atoms with Crippen LogP contribution in [0.2, 0.25) is 0 Å². The molecule has 0 spiro atoms. The molecule has 2 atom stereocenters. The number of quaternary nitrogens is 1. The summed E-state index contributed by atoms with van der Waals surface area (Å²) in [5.41, 5.74) is 1.16. The lowest BCUT2D eigenvalue weighted by atomic mass is 10.0. The Hall–Kier alpha value is -1.97. The number of nitrogens with one attached hydrogen (secondary N) is 2. The third-order valence-corrected chi connectivity index (χ3v) is 4.10. The van der Waals surface area contributed by atoms with Crippen molar-refractivity contribution in [3.63, 3.8) is 0 Å². The van der Waals surface area contributed by atoms with Gasteiger partial charge in [0.05, 0.1) is 12.7 Å². The molecule has 1 aromatic carbocycles. The molecule has 0 aliphatic carbocycles. The molecular weight excluding hydrogens is 351 g/mol. The van der Waals surface area contributed by atoms with E-state index in [4.69, 9.17) is 4.84 Å². The van der Waals surface area contributed by atoms with Crippen molar-refractivity contribution in [1.82, 2.24) is 15.5 Å². The van der Waals surface area contributed by atoms with Gasteiger partial charge in [-0.3, -0.25) is 9.63 Å². The summed E-state index contributed by atoms with van der Waals surface area (Å²) in [4.78, 5) is 30.3. The van der Waals surface area contributed by atoms with Gasteiger partial charge in [0, 0.05) is 24.1 Å². The molecule has 2 amide bonds. The van der Waals surface area contributed by atoms with Crippen LogP contribution in [0.25, 0.3) is 0 Å². The van der Waals surface area contributed by atoms with Gasteiger partial charge in [-0.1, -0.05) is 6.07 Å². The number of nitrogens with zero attached hydrogens (tertiary/aromatic N) is 1. The van der Waals surface area contributed by atoms with Crippen molar-refractivity contribution in [3.8, 4) is 0 Å². The molecular formula is C17H23F3N3O3+. The van der Waals surface area contributed by atoms with Gasteiger partial charge < -0.3 is 5.32 Å². The van der Waals surface area contributed by atoms with Crippen molar-refractivity contribution in [3.05, 3.63) is 29.8 Å². The zero-order chi connectivity index (χ0) is 19.8. The van der Waals surface area contributed by atoms with E-state index in [0.717, 1.165) is 12.1 Å². The number of amides is 2. The van der Waals surface area contributed by atoms with Gasteiger partial charge in [-0.05, 0) is 32.4 Å². The van der Waals surface area contributed by atoms with Crippen LogP contribution < -0.4 is 15.5 Å². The molecule has 0 bridgehead atoms. The minimum Gasteiger partial charge on any atom is -0.351 e. The minimum absolute atomic E-state index is 0.0673. The van der Waals surface area contributed by atoms with E-state index >= 15 is 0 Å². The summed E-state index contributed by atoms with van der Waals surface area (Å²) >= 11 is 0. The number of rotatable bonds is 4. The smallest absolute Gasteiger partial charge is 0.351 e. The number of benzene rings is 1. The van der Waals surface area contributed by atoms with Gasteiger partial charge in [0.15, 0.2) is 11.6 Å². The fraction of sp³-hybridized carbons (Fsp3) is 0.529. The Bertz CT molecular complexity index is 700. The topological polar surface area (TPSA) is 67.4 Å². The third-order valence-electron chi connectivity index (χ3n) is 4.10. The first-order chi connectivity index (χ1) is 11.9. The molecule has 2 N–H and O–H groups in total. The molecule has 6 nitrogen and oxygen atoms in total. The quantitative estimate of drug-likeness (QED) is 0.483. The molecule has 1 aliphatic rings. The van der Waals surface area contributed by atoms with Crippen molar-refractivity contribution in [2.45, 2.75) is 38.9 Å². The molecule has 1 aromatic rings. The number of carbonyl (C=O) groups is 2. The maximum Gasteiger partial charge on any atom is 0.416 e. The Kier molecular flexibility index (Phi) is 5.46. The summed E-state index contributed by atoms with van der Waals surface area (Å²) in [5, 5.41) is 2.74. The van der Waals surface area contributed by atoms with E-state index in [9.17, 15) is 22.8 Å². The number of hydrogen-bond acceptors (Lipinski definition) is 4. The number of carbonyl (C=O) groups excluding carboxylic acids is 2. The highest BCUT2D eigenvalue weighted by atomic mass is 19.4. The highest BCUT2D eigenvalue weighted by molar-refractivity contribution is 6.06. The average molecular weight is 374 g/mol. The monoisotopic (exact) mass is 374 g/mol. The van der Waals surface area contributed by atoms with Crippen LogP contribution >= 0.6 is 0 Å². The third kappa shape index (κ3) is 4.05. The Morgan fingerprint density at radius 1 is 1.27 bits per heavy atom. The largest absolute Gasteiger partial charge is 0.416 e. The summed E-state index contributed by atoms with van der Waals surface area (Å²) in [7, 11) is 1.27. The summed E-state index contributed by atoms with van der Waals surface area (Å²) < 4.78 is 38.5. The molecule has 0 aromatic heterocycles. The van der Waals surface area contributed by atoms with Gasteiger partial charge in [0.25, 0.3) is 0 Å². The van der Waals surface area contributed by atoms with E-state index in [2.05, 4.69) is 10.9 Å². The SMILES string of the molecule is CON[N+]1(c2cccc(C(F)(F)F)c2)CCC(C(=O)NC(C)(C)C)C1=O. The maximum absolute atomic E-state index is 13.0. The molecule has 1 saturated heterocycles. The Morgan fingerprint density at radius 3 is 2.46 bits per heavy atom. The summed E-state index contributed by atoms with van der Waals surface area (Å²) in [6.45, 7) is 5.45. The maximum atomic E-state index is 13.0. The van der Waals surface area contributed by atoms with E-state index in [-0.39, 0.29) is 18.7 Å². The van der Waals surface area contributed by atoms with Gasteiger partial charge in [0.2, 0.25) is 5.91 Å². The van der Waals surface area contributed by atoms with Crippen LogP contribution in [0, 0.1) is 5.92 Å². The van der Waals surface area contributed by atoms with Crippen LogP contribution in [0.1, 0.15) is 32.8 Å². The minimum atomic E-state index is -4.54. The first-order valence-corrected chi connectivity index (χ1v) is 8.13. The fourth-order valence-electron chi connectivity index (χ4n) is 3.00. The van der Waals surface area contributed by atoms with E-state index < -0.39 is 39.6 Å². The lowest BCUT2D eigenvalue weighted by molar-refractivity contribution is -0.148. The second-order valence-electron chi connectivity index (χ2n) is 7.30. The summed E-state index contributed by atoms with van der Waals surface area (Å²) in [5.74, 6) is -1.99. The number of alkyl halides is 3. The molecule has 1 heterocycles.